The van der Waals surface area contributed by atoms with Gasteiger partial charge in [-0.25, -0.2) is 0 Å². The number of hydrogen-bond acceptors (Lipinski definition) is 1. The van der Waals surface area contributed by atoms with Crippen LogP contribution in [0, 0.1) is 0 Å². The minimum absolute atomic E-state index is 0.0219. The Bertz CT molecular complexity index is 1030. The summed E-state index contributed by atoms with van der Waals surface area (Å²) >= 11 is 0. The Balaban J connectivity index is 2.89. The summed E-state index contributed by atoms with van der Waals surface area (Å²) in [5, 5.41) is 0.196. The van der Waals surface area contributed by atoms with Gasteiger partial charge in [0.1, 0.15) is 0 Å². The minimum atomic E-state index is -4.49. The third-order valence-corrected chi connectivity index (χ3v) is 7.38. The second kappa shape index (κ2) is 8.67. The summed E-state index contributed by atoms with van der Waals surface area (Å²) in [5.74, 6) is 0. The van der Waals surface area contributed by atoms with Gasteiger partial charge in [0, 0.05) is 0 Å². The zero-order valence-corrected chi connectivity index (χ0v) is 23.7. The van der Waals surface area contributed by atoms with Gasteiger partial charge >= 0.3 is 7.60 Å². The van der Waals surface area contributed by atoms with Gasteiger partial charge in [-0.05, 0) is 61.5 Å². The maximum absolute atomic E-state index is 12.8. The lowest BCUT2D eigenvalue weighted by atomic mass is 9.77. The van der Waals surface area contributed by atoms with E-state index in [0.717, 1.165) is 22.3 Å². The third-order valence-electron chi connectivity index (χ3n) is 6.27. The van der Waals surface area contributed by atoms with Crippen molar-refractivity contribution in [3.8, 4) is 0 Å². The molecule has 0 aliphatic heterocycles. The first-order chi connectivity index (χ1) is 14.5. The quantitative estimate of drug-likeness (QED) is 0.462. The fourth-order valence-electron chi connectivity index (χ4n) is 4.06. The molecular formula is C29H45O3P. The van der Waals surface area contributed by atoms with Crippen LogP contribution in [0.3, 0.4) is 0 Å². The van der Waals surface area contributed by atoms with Crippen LogP contribution in [0.25, 0.3) is 0 Å². The Labute approximate surface area is 202 Å². The molecule has 0 aliphatic carbocycles. The van der Waals surface area contributed by atoms with Gasteiger partial charge in [-0.3, -0.25) is 4.57 Å². The lowest BCUT2D eigenvalue weighted by Gasteiger charge is -2.30. The van der Waals surface area contributed by atoms with Crippen molar-refractivity contribution in [2.24, 2.45) is 0 Å². The molecule has 0 aliphatic rings. The Kier molecular flexibility index (Phi) is 7.31. The summed E-state index contributed by atoms with van der Waals surface area (Å²) < 4.78 is 12.8. The molecule has 0 saturated heterocycles. The average molecular weight is 473 g/mol. The van der Waals surface area contributed by atoms with Gasteiger partial charge in [0.2, 0.25) is 0 Å². The van der Waals surface area contributed by atoms with E-state index in [9.17, 15) is 14.4 Å². The summed E-state index contributed by atoms with van der Waals surface area (Å²) in [6, 6.07) is 10.7. The summed E-state index contributed by atoms with van der Waals surface area (Å²) in [6.45, 7) is 25.7. The molecule has 4 heteroatoms. The number of rotatable bonds is 3. The van der Waals surface area contributed by atoms with Crippen LogP contribution in [0.2, 0.25) is 0 Å². The SMILES string of the molecule is CC(C)(C)c1cc(Cc2cc(C(C)(C)C)cc(C(C)(C)C)c2P(=O)(O)O)cc(C(C)(C)C)c1. The van der Waals surface area contributed by atoms with Crippen LogP contribution in [0.15, 0.2) is 30.3 Å². The summed E-state index contributed by atoms with van der Waals surface area (Å²) in [6.07, 6.45) is 0.487. The van der Waals surface area contributed by atoms with Gasteiger partial charge in [0.25, 0.3) is 0 Å². The zero-order chi connectivity index (χ0) is 25.8. The van der Waals surface area contributed by atoms with Gasteiger partial charge in [-0.1, -0.05) is 113 Å². The zero-order valence-electron chi connectivity index (χ0n) is 22.8. The van der Waals surface area contributed by atoms with Crippen molar-refractivity contribution >= 4 is 12.9 Å². The molecule has 0 atom stereocenters. The van der Waals surface area contributed by atoms with Crippen LogP contribution in [0.5, 0.6) is 0 Å². The van der Waals surface area contributed by atoms with Gasteiger partial charge in [-0.2, -0.15) is 0 Å². The van der Waals surface area contributed by atoms with E-state index in [-0.39, 0.29) is 21.5 Å². The fourth-order valence-corrected chi connectivity index (χ4v) is 5.29. The molecule has 0 fully saturated rings. The van der Waals surface area contributed by atoms with E-state index in [2.05, 4.69) is 80.5 Å². The van der Waals surface area contributed by atoms with E-state index in [1.807, 2.05) is 32.9 Å². The summed E-state index contributed by atoms with van der Waals surface area (Å²) in [4.78, 5) is 20.9. The first-order valence-corrected chi connectivity index (χ1v) is 13.5. The van der Waals surface area contributed by atoms with Crippen LogP contribution >= 0.6 is 7.60 Å². The Morgan fingerprint density at radius 3 is 1.33 bits per heavy atom. The molecule has 0 heterocycles. The molecule has 0 amide bonds. The van der Waals surface area contributed by atoms with E-state index < -0.39 is 13.0 Å². The molecule has 2 aromatic rings. The average Bonchev–Trinajstić information content (AvgIpc) is 2.56. The van der Waals surface area contributed by atoms with Gasteiger partial charge < -0.3 is 9.79 Å². The largest absolute Gasteiger partial charge is 0.356 e. The predicted octanol–water partition coefficient (Wildman–Crippen LogP) is 7.27. The molecule has 2 aromatic carbocycles. The van der Waals surface area contributed by atoms with E-state index in [0.29, 0.717) is 6.42 Å². The molecule has 0 spiro atoms. The van der Waals surface area contributed by atoms with Crippen molar-refractivity contribution < 1.29 is 14.4 Å². The third kappa shape index (κ3) is 6.81. The second-order valence-corrected chi connectivity index (χ2v) is 15.2. The molecule has 2 rings (SSSR count). The van der Waals surface area contributed by atoms with Gasteiger partial charge in [0.15, 0.2) is 0 Å². The lowest BCUT2D eigenvalue weighted by molar-refractivity contribution is 0.386. The van der Waals surface area contributed by atoms with E-state index in [1.54, 1.807) is 0 Å². The van der Waals surface area contributed by atoms with Gasteiger partial charge in [-0.15, -0.1) is 0 Å². The molecule has 0 radical (unpaired) electrons. The van der Waals surface area contributed by atoms with Crippen LogP contribution in [0.4, 0.5) is 0 Å². The minimum Gasteiger partial charge on any atom is -0.321 e. The molecule has 0 saturated carbocycles. The number of hydrogen-bond donors (Lipinski definition) is 2. The van der Waals surface area contributed by atoms with Crippen LogP contribution in [-0.2, 0) is 32.6 Å². The van der Waals surface area contributed by atoms with E-state index >= 15 is 0 Å². The molecule has 0 bridgehead atoms. The lowest BCUT2D eigenvalue weighted by Crippen LogP contribution is -2.28. The standard InChI is InChI=1S/C29H45O3P/c1-26(2,3)21-14-19(15-22(17-21)27(4,5)6)13-20-16-23(28(7,8)9)18-24(29(10,11)12)25(20)33(30,31)32/h14-18H,13H2,1-12H3,(H2,30,31,32). The molecule has 3 nitrogen and oxygen atoms in total. The highest BCUT2D eigenvalue weighted by atomic mass is 31.2. The van der Waals surface area contributed by atoms with E-state index in [1.165, 1.54) is 11.1 Å². The monoisotopic (exact) mass is 472 g/mol. The van der Waals surface area contributed by atoms with Crippen molar-refractivity contribution in [1.82, 2.24) is 0 Å². The molecule has 184 valence electrons. The highest BCUT2D eigenvalue weighted by Gasteiger charge is 2.33. The Morgan fingerprint density at radius 2 is 1.00 bits per heavy atom. The maximum Gasteiger partial charge on any atom is 0.356 e. The van der Waals surface area contributed by atoms with Crippen LogP contribution in [-0.4, -0.2) is 9.79 Å². The molecular weight excluding hydrogens is 427 g/mol. The van der Waals surface area contributed by atoms with Crippen LogP contribution < -0.4 is 5.30 Å². The maximum atomic E-state index is 12.8. The first kappa shape index (κ1) is 27.8. The Morgan fingerprint density at radius 1 is 0.606 bits per heavy atom. The van der Waals surface area contributed by atoms with Crippen LogP contribution in [0.1, 0.15) is 116 Å². The predicted molar refractivity (Wildman–Crippen MR) is 142 cm³/mol. The summed E-state index contributed by atoms with van der Waals surface area (Å²) in [7, 11) is -4.49. The Hall–Kier alpha value is -1.41. The smallest absolute Gasteiger partial charge is 0.321 e. The highest BCUT2D eigenvalue weighted by molar-refractivity contribution is 7.60. The van der Waals surface area contributed by atoms with Crippen molar-refractivity contribution in [3.63, 3.8) is 0 Å². The molecule has 33 heavy (non-hydrogen) atoms. The number of benzene rings is 2. The van der Waals surface area contributed by atoms with Crippen molar-refractivity contribution in [3.05, 3.63) is 63.7 Å². The molecule has 0 unspecified atom stereocenters. The fraction of sp³-hybridized carbons (Fsp3) is 0.586. The van der Waals surface area contributed by atoms with E-state index in [4.69, 9.17) is 0 Å². The second-order valence-electron chi connectivity index (χ2n) is 13.7. The normalized spacial score (nSPS) is 14.0. The molecule has 2 N–H and O–H groups in total. The molecule has 0 aromatic heterocycles. The van der Waals surface area contributed by atoms with Crippen molar-refractivity contribution in [2.75, 3.05) is 0 Å². The highest BCUT2D eigenvalue weighted by Crippen LogP contribution is 2.42. The van der Waals surface area contributed by atoms with Crippen molar-refractivity contribution in [2.45, 2.75) is 111 Å². The van der Waals surface area contributed by atoms with Crippen molar-refractivity contribution in [1.29, 1.82) is 0 Å². The van der Waals surface area contributed by atoms with Gasteiger partial charge in [0.05, 0.1) is 5.30 Å². The first-order valence-electron chi connectivity index (χ1n) is 11.9. The summed E-state index contributed by atoms with van der Waals surface area (Å²) in [5.41, 5.74) is 5.57. The topological polar surface area (TPSA) is 57.5 Å².